The Morgan fingerprint density at radius 2 is 1.69 bits per heavy atom. The molecule has 1 aromatic carbocycles. The zero-order valence-electron chi connectivity index (χ0n) is 18.7. The molecule has 1 aliphatic heterocycles. The number of likely N-dealkylation sites (tertiary alicyclic amines) is 1. The molecule has 0 aromatic heterocycles. The predicted octanol–water partition coefficient (Wildman–Crippen LogP) is 4.81. The van der Waals surface area contributed by atoms with E-state index in [1.165, 1.54) is 42.4 Å². The van der Waals surface area contributed by atoms with Gasteiger partial charge in [0, 0.05) is 45.6 Å². The number of quaternary nitrogens is 1. The molecule has 1 aliphatic carbocycles. The van der Waals surface area contributed by atoms with Crippen LogP contribution in [0.2, 0.25) is 0 Å². The number of nitrogens with zero attached hydrogens (tertiary/aromatic N) is 1. The first-order valence-electron chi connectivity index (χ1n) is 11.4. The number of hydrogen-bond acceptors (Lipinski definition) is 2. The maximum atomic E-state index is 13.0. The van der Waals surface area contributed by atoms with Crippen molar-refractivity contribution in [2.75, 3.05) is 26.2 Å². The Balaban J connectivity index is 0.00000300. The second-order valence-corrected chi connectivity index (χ2v) is 9.47. The van der Waals surface area contributed by atoms with E-state index in [0.29, 0.717) is 30.4 Å². The molecule has 3 nitrogen and oxygen atoms in total. The van der Waals surface area contributed by atoms with E-state index in [9.17, 15) is 9.59 Å². The number of benzene rings is 1. The first-order chi connectivity index (χ1) is 13.4. The Bertz CT molecular complexity index is 691. The molecule has 0 spiro atoms. The minimum atomic E-state index is 0. The Hall–Kier alpha value is -0.376. The molecule has 1 heterocycles. The standard InChI is InChI=1S/C25H38NO2.Y/c1-4-26(18-23(27)16-24-19(2)9-7-10-20(24)3)14-8-13-22(17-26)25(28)15-21-11-5-6-12-21;/h7,9-10,21-22H,4-6,8,11-18H2,1-3H3;/q+1;. The van der Waals surface area contributed by atoms with Gasteiger partial charge in [0.1, 0.15) is 12.3 Å². The van der Waals surface area contributed by atoms with Gasteiger partial charge in [0.25, 0.3) is 0 Å². The first kappa shape index (κ1) is 24.9. The van der Waals surface area contributed by atoms with Crippen molar-refractivity contribution >= 4 is 11.6 Å². The minimum absolute atomic E-state index is 0. The molecule has 0 N–H and O–H groups in total. The number of Topliss-reactive ketones (excluding diaryl/α,β-unsaturated/α-hetero) is 2. The summed E-state index contributed by atoms with van der Waals surface area (Å²) in [4.78, 5) is 25.9. The van der Waals surface area contributed by atoms with Gasteiger partial charge in [0.05, 0.1) is 25.6 Å². The van der Waals surface area contributed by atoms with Crippen LogP contribution in [-0.4, -0.2) is 42.2 Å². The Labute approximate surface area is 202 Å². The molecule has 4 heteroatoms. The number of piperidine rings is 1. The fourth-order valence-corrected chi connectivity index (χ4v) is 5.55. The summed E-state index contributed by atoms with van der Waals surface area (Å²) in [6.45, 7) is 9.83. The monoisotopic (exact) mass is 473 g/mol. The van der Waals surface area contributed by atoms with Crippen LogP contribution < -0.4 is 0 Å². The van der Waals surface area contributed by atoms with E-state index in [0.717, 1.165) is 43.4 Å². The van der Waals surface area contributed by atoms with Crippen molar-refractivity contribution in [1.29, 1.82) is 0 Å². The Morgan fingerprint density at radius 3 is 2.31 bits per heavy atom. The average molecular weight is 473 g/mol. The number of ketones is 2. The van der Waals surface area contributed by atoms with E-state index in [1.54, 1.807) is 0 Å². The van der Waals surface area contributed by atoms with Gasteiger partial charge in [-0.3, -0.25) is 9.59 Å². The predicted molar refractivity (Wildman–Crippen MR) is 114 cm³/mol. The summed E-state index contributed by atoms with van der Waals surface area (Å²) in [6.07, 6.45) is 8.47. The average Bonchev–Trinajstić information content (AvgIpc) is 3.18. The quantitative estimate of drug-likeness (QED) is 0.508. The van der Waals surface area contributed by atoms with Crippen LogP contribution in [0.15, 0.2) is 18.2 Å². The number of aryl methyl sites for hydroxylation is 2. The zero-order chi connectivity index (χ0) is 20.1. The molecule has 2 unspecified atom stereocenters. The molecule has 1 saturated heterocycles. The smallest absolute Gasteiger partial charge is 0.191 e. The maximum Gasteiger partial charge on any atom is 0.191 e. The van der Waals surface area contributed by atoms with Crippen molar-refractivity contribution in [1.82, 2.24) is 0 Å². The third-order valence-electron chi connectivity index (χ3n) is 7.41. The minimum Gasteiger partial charge on any atom is -0.317 e. The third-order valence-corrected chi connectivity index (χ3v) is 7.41. The van der Waals surface area contributed by atoms with E-state index >= 15 is 0 Å². The second-order valence-electron chi connectivity index (χ2n) is 9.47. The largest absolute Gasteiger partial charge is 0.317 e. The number of carbonyl (C=O) groups is 2. The van der Waals surface area contributed by atoms with Gasteiger partial charge in [-0.1, -0.05) is 43.9 Å². The van der Waals surface area contributed by atoms with Gasteiger partial charge >= 0.3 is 0 Å². The molecule has 3 rings (SSSR count). The summed E-state index contributed by atoms with van der Waals surface area (Å²) in [7, 11) is 0. The van der Waals surface area contributed by atoms with Crippen molar-refractivity contribution in [3.63, 3.8) is 0 Å². The normalized spacial score (nSPS) is 24.9. The summed E-state index contributed by atoms with van der Waals surface area (Å²) in [5.41, 5.74) is 3.60. The van der Waals surface area contributed by atoms with Crippen LogP contribution in [0.5, 0.6) is 0 Å². The molecule has 0 amide bonds. The number of rotatable bonds is 8. The van der Waals surface area contributed by atoms with Crippen LogP contribution in [0.3, 0.4) is 0 Å². The van der Waals surface area contributed by atoms with Crippen LogP contribution in [0.25, 0.3) is 0 Å². The van der Waals surface area contributed by atoms with Crippen LogP contribution in [-0.2, 0) is 48.7 Å². The van der Waals surface area contributed by atoms with E-state index in [4.69, 9.17) is 0 Å². The molecular formula is C25H38NO2Y+. The Morgan fingerprint density at radius 1 is 1.03 bits per heavy atom. The summed E-state index contributed by atoms with van der Waals surface area (Å²) in [5, 5.41) is 0. The van der Waals surface area contributed by atoms with Crippen molar-refractivity contribution in [2.24, 2.45) is 11.8 Å². The molecule has 2 atom stereocenters. The fraction of sp³-hybridized carbons (Fsp3) is 0.680. The van der Waals surface area contributed by atoms with E-state index in [-0.39, 0.29) is 38.6 Å². The van der Waals surface area contributed by atoms with Gasteiger partial charge < -0.3 is 4.48 Å². The first-order valence-corrected chi connectivity index (χ1v) is 11.4. The van der Waals surface area contributed by atoms with Crippen LogP contribution >= 0.6 is 0 Å². The van der Waals surface area contributed by atoms with Gasteiger partial charge in [0.2, 0.25) is 0 Å². The molecular weight excluding hydrogens is 435 g/mol. The molecule has 29 heavy (non-hydrogen) atoms. The molecule has 2 fully saturated rings. The van der Waals surface area contributed by atoms with Gasteiger partial charge in [0.15, 0.2) is 5.78 Å². The summed E-state index contributed by atoms with van der Waals surface area (Å²) < 4.78 is 0.810. The molecule has 1 aromatic rings. The topological polar surface area (TPSA) is 34.1 Å². The molecule has 2 aliphatic rings. The summed E-state index contributed by atoms with van der Waals surface area (Å²) >= 11 is 0. The van der Waals surface area contributed by atoms with Crippen molar-refractivity contribution < 1.29 is 46.8 Å². The van der Waals surface area contributed by atoms with E-state index in [1.807, 2.05) is 0 Å². The van der Waals surface area contributed by atoms with Crippen LogP contribution in [0, 0.1) is 25.7 Å². The SMILES string of the molecule is CC[N+]1(CC(=O)Cc2c(C)cccc2C)CCCC(C(=O)CC2CCCC2)C1.[Y]. The number of hydrogen-bond donors (Lipinski definition) is 0. The third kappa shape index (κ3) is 6.55. The van der Waals surface area contributed by atoms with Crippen LogP contribution in [0.4, 0.5) is 0 Å². The number of carbonyl (C=O) groups excluding carboxylic acids is 2. The molecule has 1 radical (unpaired) electrons. The molecule has 157 valence electrons. The van der Waals surface area contributed by atoms with Gasteiger partial charge in [-0.05, 0) is 56.2 Å². The summed E-state index contributed by atoms with van der Waals surface area (Å²) in [6, 6.07) is 6.25. The maximum absolute atomic E-state index is 13.0. The molecule has 0 bridgehead atoms. The van der Waals surface area contributed by atoms with Gasteiger partial charge in [-0.25, -0.2) is 0 Å². The zero-order valence-corrected chi connectivity index (χ0v) is 21.6. The number of likely N-dealkylation sites (N-methyl/N-ethyl adjacent to an activating group) is 1. The van der Waals surface area contributed by atoms with Crippen molar-refractivity contribution in [3.8, 4) is 0 Å². The second kappa shape index (κ2) is 11.3. The summed E-state index contributed by atoms with van der Waals surface area (Å²) in [5.74, 6) is 1.60. The Kier molecular flexibility index (Phi) is 9.70. The van der Waals surface area contributed by atoms with Crippen molar-refractivity contribution in [3.05, 3.63) is 34.9 Å². The van der Waals surface area contributed by atoms with Gasteiger partial charge in [-0.2, -0.15) is 0 Å². The van der Waals surface area contributed by atoms with Crippen molar-refractivity contribution in [2.45, 2.75) is 72.1 Å². The fourth-order valence-electron chi connectivity index (χ4n) is 5.55. The van der Waals surface area contributed by atoms with Crippen LogP contribution in [0.1, 0.15) is 68.6 Å². The van der Waals surface area contributed by atoms with E-state index in [2.05, 4.69) is 39.0 Å². The van der Waals surface area contributed by atoms with E-state index < -0.39 is 0 Å². The molecule has 1 saturated carbocycles. The van der Waals surface area contributed by atoms with Gasteiger partial charge in [-0.15, -0.1) is 0 Å².